The van der Waals surface area contributed by atoms with Crippen molar-refractivity contribution in [3.05, 3.63) is 0 Å². The third kappa shape index (κ3) is 9730. The van der Waals surface area contributed by atoms with Crippen molar-refractivity contribution < 1.29 is 118 Å². The quantitative estimate of drug-likeness (QED) is 0.453. The Morgan fingerprint density at radius 1 is 0.450 bits per heavy atom. The average molecular weight is 371 g/mol. The second-order valence-electron chi connectivity index (χ2n) is 1.73. The molecule has 0 saturated heterocycles. The maximum absolute atomic E-state index is 9.75. The molecule has 20 heavy (non-hydrogen) atoms. The molecule has 0 amide bonds. The van der Waals surface area contributed by atoms with Gasteiger partial charge >= 0.3 is 79.8 Å². The van der Waals surface area contributed by atoms with E-state index >= 15 is 0 Å². The van der Waals surface area contributed by atoms with E-state index in [1.54, 1.807) is 0 Å². The van der Waals surface area contributed by atoms with E-state index in [4.69, 9.17) is 0 Å². The van der Waals surface area contributed by atoms with E-state index in [1.807, 2.05) is 0 Å². The molecule has 0 atom stereocenters. The third-order valence-electron chi connectivity index (χ3n) is 0. The van der Waals surface area contributed by atoms with E-state index in [0.29, 0.717) is 0 Å². The van der Waals surface area contributed by atoms with Crippen LogP contribution in [0.1, 0.15) is 1.43 Å². The van der Waals surface area contributed by atoms with Crippen LogP contribution < -0.4 is 51.4 Å². The second-order valence-corrected chi connectivity index (χ2v) is 1.73. The van der Waals surface area contributed by atoms with Crippen LogP contribution in [0.25, 0.3) is 0 Å². The fourth-order valence-electron chi connectivity index (χ4n) is 0. The molecule has 0 aromatic heterocycles. The fraction of sp³-hybridized carbons (Fsp3) is 1.00. The standard InChI is InChI=1S/CHF3.3BF4.K.H/c2-1(3)4;3*2-1(3,4)5;;/h1H;;;;;/q;3*-1;+1;-1. The summed E-state index contributed by atoms with van der Waals surface area (Å²) < 4.78 is 146. The fourth-order valence-corrected chi connectivity index (χ4v) is 0. The van der Waals surface area contributed by atoms with Crippen LogP contribution in [0.4, 0.5) is 65.0 Å². The molecule has 0 aromatic carbocycles. The van der Waals surface area contributed by atoms with Crippen molar-refractivity contribution in [2.24, 2.45) is 0 Å². The van der Waals surface area contributed by atoms with Crippen LogP contribution in [0.2, 0.25) is 0 Å². The Hall–Kier alpha value is 0.781. The number of rotatable bonds is 0. The third-order valence-corrected chi connectivity index (χ3v) is 0. The van der Waals surface area contributed by atoms with Gasteiger partial charge < -0.3 is 53.2 Å². The van der Waals surface area contributed by atoms with Gasteiger partial charge in [-0.3, -0.25) is 0 Å². The van der Waals surface area contributed by atoms with Crippen molar-refractivity contribution in [3.63, 3.8) is 0 Å². The molecular formula is CH2B3F15K-3. The first-order valence-corrected chi connectivity index (χ1v) is 3.27. The van der Waals surface area contributed by atoms with Crippen molar-refractivity contribution in [1.29, 1.82) is 0 Å². The Kier molecular flexibility index (Phi) is 24.0. The Bertz CT molecular complexity index is 134. The predicted molar refractivity (Wildman–Crippen MR) is 38.8 cm³/mol. The molecule has 0 rings (SSSR count). The van der Waals surface area contributed by atoms with Gasteiger partial charge in [0.15, 0.2) is 0 Å². The van der Waals surface area contributed by atoms with E-state index in [9.17, 15) is 65.0 Å². The summed E-state index contributed by atoms with van der Waals surface area (Å²) in [6.45, 7) is -3.67. The molecule has 0 aromatic rings. The van der Waals surface area contributed by atoms with E-state index in [-0.39, 0.29) is 52.8 Å². The number of halogens is 15. The molecule has 0 N–H and O–H groups in total. The van der Waals surface area contributed by atoms with Crippen molar-refractivity contribution >= 4 is 21.8 Å². The monoisotopic (exact) mass is 371 g/mol. The molecule has 0 aliphatic rings. The maximum atomic E-state index is 9.75. The summed E-state index contributed by atoms with van der Waals surface area (Å²) in [6, 6.07) is 0. The molecule has 0 fully saturated rings. The molecule has 0 unspecified atom stereocenters. The zero-order valence-electron chi connectivity index (χ0n) is 9.98. The van der Waals surface area contributed by atoms with Gasteiger partial charge in [0.1, 0.15) is 0 Å². The second kappa shape index (κ2) is 14.7. The summed E-state index contributed by atoms with van der Waals surface area (Å²) in [7, 11) is -18.0. The van der Waals surface area contributed by atoms with E-state index in [2.05, 4.69) is 0 Å². The Balaban J connectivity index is -0.0000000347. The maximum Gasteiger partial charge on any atom is 1.00 e. The van der Waals surface area contributed by atoms with Gasteiger partial charge in [-0.15, -0.1) is 0 Å². The molecule has 0 bridgehead atoms. The van der Waals surface area contributed by atoms with Crippen LogP contribution >= 0.6 is 0 Å². The Morgan fingerprint density at radius 3 is 0.450 bits per heavy atom. The topological polar surface area (TPSA) is 0 Å². The van der Waals surface area contributed by atoms with Gasteiger partial charge in [-0.1, -0.05) is 0 Å². The summed E-state index contributed by atoms with van der Waals surface area (Å²) in [5.41, 5.74) is 0. The van der Waals surface area contributed by atoms with Crippen LogP contribution in [0.5, 0.6) is 0 Å². The largest absolute Gasteiger partial charge is 1.00 e. The van der Waals surface area contributed by atoms with E-state index in [1.165, 1.54) is 0 Å². The van der Waals surface area contributed by atoms with Gasteiger partial charge in [0.05, 0.1) is 0 Å². The van der Waals surface area contributed by atoms with Gasteiger partial charge in [0.25, 0.3) is 0 Å². The molecule has 0 nitrogen and oxygen atoms in total. The first-order chi connectivity index (χ1) is 7.73. The molecule has 0 aliphatic heterocycles. The number of alkyl halides is 3. The SMILES string of the molecule is FC(F)F.F[B-](F)(F)F.F[B-](F)(F)F.F[B-](F)(F)F.[H-].[K+]. The van der Waals surface area contributed by atoms with Gasteiger partial charge in [-0.05, 0) is 0 Å². The molecule has 124 valence electrons. The Labute approximate surface area is 145 Å². The summed E-state index contributed by atoms with van der Waals surface area (Å²) in [6.07, 6.45) is 0. The summed E-state index contributed by atoms with van der Waals surface area (Å²) in [5, 5.41) is 0. The molecule has 0 radical (unpaired) electrons. The van der Waals surface area contributed by atoms with E-state index < -0.39 is 28.4 Å². The zero-order valence-corrected chi connectivity index (χ0v) is 12.1. The van der Waals surface area contributed by atoms with Gasteiger partial charge in [-0.2, -0.15) is 13.2 Å². The molecule has 0 spiro atoms. The van der Waals surface area contributed by atoms with Crippen LogP contribution in [-0.2, 0) is 0 Å². The average Bonchev–Trinajstić information content (AvgIpc) is 1.66. The predicted octanol–water partition coefficient (Wildman–Crippen LogP) is 2.20. The minimum Gasteiger partial charge on any atom is -1.00 e. The number of hydrogen-bond acceptors (Lipinski definition) is 0. The van der Waals surface area contributed by atoms with Crippen LogP contribution in [-0.4, -0.2) is 28.4 Å². The summed E-state index contributed by atoms with van der Waals surface area (Å²) >= 11 is 0. The van der Waals surface area contributed by atoms with Crippen LogP contribution in [0, 0.1) is 0 Å². The molecule has 0 aliphatic carbocycles. The Morgan fingerprint density at radius 2 is 0.450 bits per heavy atom. The van der Waals surface area contributed by atoms with Crippen molar-refractivity contribution in [3.8, 4) is 0 Å². The molecule has 0 saturated carbocycles. The van der Waals surface area contributed by atoms with Gasteiger partial charge in [-0.25, -0.2) is 0 Å². The molecular weight excluding hydrogens is 369 g/mol. The van der Waals surface area contributed by atoms with Crippen LogP contribution in [0.3, 0.4) is 0 Å². The van der Waals surface area contributed by atoms with Gasteiger partial charge in [0, 0.05) is 0 Å². The zero-order chi connectivity index (χ0) is 17.1. The van der Waals surface area contributed by atoms with Crippen molar-refractivity contribution in [2.45, 2.75) is 6.68 Å². The summed E-state index contributed by atoms with van der Waals surface area (Å²) in [5.74, 6) is 0. The van der Waals surface area contributed by atoms with Crippen molar-refractivity contribution in [1.82, 2.24) is 0 Å². The number of hydrogen-bond donors (Lipinski definition) is 0. The van der Waals surface area contributed by atoms with Crippen LogP contribution in [0.15, 0.2) is 0 Å². The minimum absolute atomic E-state index is 0. The summed E-state index contributed by atoms with van der Waals surface area (Å²) in [4.78, 5) is 0. The first-order valence-electron chi connectivity index (χ1n) is 3.27. The first kappa shape index (κ1) is 32.7. The van der Waals surface area contributed by atoms with E-state index in [0.717, 1.165) is 0 Å². The smallest absolute Gasteiger partial charge is 1.00 e. The minimum atomic E-state index is -6.00. The van der Waals surface area contributed by atoms with Crippen molar-refractivity contribution in [2.75, 3.05) is 0 Å². The molecule has 0 heterocycles. The normalized spacial score (nSPS) is 10.8. The molecule has 19 heteroatoms. The van der Waals surface area contributed by atoms with Gasteiger partial charge in [0.2, 0.25) is 0 Å².